The highest BCUT2D eigenvalue weighted by atomic mass is 79.9. The largest absolute Gasteiger partial charge is 0.313 e. The molecule has 17 heavy (non-hydrogen) atoms. The van der Waals surface area contributed by atoms with E-state index in [0.29, 0.717) is 4.47 Å². The van der Waals surface area contributed by atoms with Crippen molar-refractivity contribution in [3.63, 3.8) is 0 Å². The summed E-state index contributed by atoms with van der Waals surface area (Å²) < 4.78 is 26.2. The molecule has 96 valence electrons. The van der Waals surface area contributed by atoms with Gasteiger partial charge in [-0.1, -0.05) is 13.0 Å². The fourth-order valence-electron chi connectivity index (χ4n) is 1.39. The van der Waals surface area contributed by atoms with Gasteiger partial charge in [0, 0.05) is 11.0 Å². The van der Waals surface area contributed by atoms with E-state index in [1.165, 1.54) is 7.05 Å². The topological polar surface area (TPSA) is 58.2 Å². The summed E-state index contributed by atoms with van der Waals surface area (Å²) in [7, 11) is -1.99. The van der Waals surface area contributed by atoms with Gasteiger partial charge in [0.25, 0.3) is 0 Å². The molecule has 0 saturated heterocycles. The van der Waals surface area contributed by atoms with E-state index < -0.39 is 10.0 Å². The maximum atomic E-state index is 11.6. The molecule has 0 bridgehead atoms. The molecule has 1 rings (SSSR count). The lowest BCUT2D eigenvalue weighted by atomic mass is 10.2. The Balaban J connectivity index is 2.87. The van der Waals surface area contributed by atoms with Crippen LogP contribution in [0.3, 0.4) is 0 Å². The maximum Gasteiger partial charge on any atom is 0.241 e. The zero-order chi connectivity index (χ0) is 12.9. The molecule has 0 fully saturated rings. The number of halogens is 1. The first-order valence-electron chi connectivity index (χ1n) is 5.44. The fraction of sp³-hybridized carbons (Fsp3) is 0.455. The van der Waals surface area contributed by atoms with Gasteiger partial charge in [0.2, 0.25) is 10.0 Å². The minimum absolute atomic E-state index is 0.263. The van der Waals surface area contributed by atoms with Gasteiger partial charge in [-0.25, -0.2) is 13.1 Å². The molecule has 2 N–H and O–H groups in total. The van der Waals surface area contributed by atoms with Gasteiger partial charge in [-0.2, -0.15) is 0 Å². The monoisotopic (exact) mass is 320 g/mol. The first-order chi connectivity index (χ1) is 8.01. The second kappa shape index (κ2) is 6.49. The van der Waals surface area contributed by atoms with Crippen molar-refractivity contribution in [3.05, 3.63) is 28.2 Å². The summed E-state index contributed by atoms with van der Waals surface area (Å²) in [6, 6.07) is 5.25. The van der Waals surface area contributed by atoms with E-state index in [1.807, 2.05) is 12.1 Å². The molecule has 1 aromatic rings. The summed E-state index contributed by atoms with van der Waals surface area (Å²) in [5, 5.41) is 3.26. The van der Waals surface area contributed by atoms with Gasteiger partial charge in [0.1, 0.15) is 0 Å². The van der Waals surface area contributed by atoms with Crippen molar-refractivity contribution in [3.8, 4) is 0 Å². The first-order valence-corrected chi connectivity index (χ1v) is 7.71. The Bertz CT molecular complexity index is 474. The van der Waals surface area contributed by atoms with Gasteiger partial charge < -0.3 is 5.32 Å². The van der Waals surface area contributed by atoms with E-state index >= 15 is 0 Å². The summed E-state index contributed by atoms with van der Waals surface area (Å²) in [5.74, 6) is 0. The summed E-state index contributed by atoms with van der Waals surface area (Å²) in [6.45, 7) is 3.80. The number of rotatable bonds is 6. The lowest BCUT2D eigenvalue weighted by molar-refractivity contribution is 0.587. The number of sulfonamides is 1. The lowest BCUT2D eigenvalue weighted by Gasteiger charge is -2.08. The van der Waals surface area contributed by atoms with Crippen LogP contribution in [0.25, 0.3) is 0 Å². The molecule has 6 heteroatoms. The molecular formula is C11H17BrN2O2S. The average Bonchev–Trinajstić information content (AvgIpc) is 2.29. The summed E-state index contributed by atoms with van der Waals surface area (Å²) in [4.78, 5) is 0.263. The Morgan fingerprint density at radius 2 is 2.06 bits per heavy atom. The van der Waals surface area contributed by atoms with E-state index in [2.05, 4.69) is 32.9 Å². The van der Waals surface area contributed by atoms with Crippen LogP contribution in [0, 0.1) is 0 Å². The molecule has 0 aliphatic heterocycles. The first kappa shape index (κ1) is 14.6. The van der Waals surface area contributed by atoms with Crippen LogP contribution in [0.4, 0.5) is 0 Å². The van der Waals surface area contributed by atoms with Crippen LogP contribution >= 0.6 is 15.9 Å². The lowest BCUT2D eigenvalue weighted by Crippen LogP contribution is -2.19. The van der Waals surface area contributed by atoms with Crippen molar-refractivity contribution in [1.82, 2.24) is 10.0 Å². The van der Waals surface area contributed by atoms with Crippen LogP contribution in [-0.4, -0.2) is 22.0 Å². The molecule has 0 spiro atoms. The Labute approximate surface area is 111 Å². The normalized spacial score (nSPS) is 11.7. The van der Waals surface area contributed by atoms with Crippen LogP contribution < -0.4 is 10.0 Å². The van der Waals surface area contributed by atoms with E-state index in [1.54, 1.807) is 6.07 Å². The van der Waals surface area contributed by atoms with Crippen LogP contribution in [0.2, 0.25) is 0 Å². The van der Waals surface area contributed by atoms with Crippen LogP contribution in [-0.2, 0) is 16.6 Å². The molecule has 0 amide bonds. The van der Waals surface area contributed by atoms with E-state index in [-0.39, 0.29) is 4.90 Å². The Morgan fingerprint density at radius 3 is 2.59 bits per heavy atom. The van der Waals surface area contributed by atoms with Crippen molar-refractivity contribution in [2.75, 3.05) is 13.6 Å². The van der Waals surface area contributed by atoms with E-state index in [0.717, 1.165) is 25.1 Å². The van der Waals surface area contributed by atoms with Crippen molar-refractivity contribution in [2.24, 2.45) is 0 Å². The molecule has 1 aromatic carbocycles. The Morgan fingerprint density at radius 1 is 1.35 bits per heavy atom. The highest BCUT2D eigenvalue weighted by Gasteiger charge is 2.15. The van der Waals surface area contributed by atoms with Crippen molar-refractivity contribution >= 4 is 26.0 Å². The minimum atomic E-state index is -3.39. The predicted molar refractivity (Wildman–Crippen MR) is 72.4 cm³/mol. The molecule has 0 radical (unpaired) electrons. The highest BCUT2D eigenvalue weighted by Crippen LogP contribution is 2.22. The average molecular weight is 321 g/mol. The number of benzene rings is 1. The minimum Gasteiger partial charge on any atom is -0.313 e. The standard InChI is InChI=1S/C11H17BrN2O2S/c1-3-6-14-8-9-4-5-11(10(12)7-9)17(15,16)13-2/h4-5,7,13-14H,3,6,8H2,1-2H3. The van der Waals surface area contributed by atoms with E-state index in [4.69, 9.17) is 0 Å². The molecule has 0 aromatic heterocycles. The highest BCUT2D eigenvalue weighted by molar-refractivity contribution is 9.10. The molecule has 0 aliphatic rings. The van der Waals surface area contributed by atoms with Gasteiger partial charge in [0.05, 0.1) is 4.90 Å². The fourth-order valence-corrected chi connectivity index (χ4v) is 3.24. The van der Waals surface area contributed by atoms with Crippen molar-refractivity contribution in [2.45, 2.75) is 24.8 Å². The molecule has 0 unspecified atom stereocenters. The molecule has 0 atom stereocenters. The number of hydrogen-bond acceptors (Lipinski definition) is 3. The zero-order valence-electron chi connectivity index (χ0n) is 9.96. The molecule has 4 nitrogen and oxygen atoms in total. The molecule has 0 saturated carbocycles. The third-order valence-electron chi connectivity index (χ3n) is 2.31. The van der Waals surface area contributed by atoms with Gasteiger partial charge in [-0.05, 0) is 53.6 Å². The number of nitrogens with one attached hydrogen (secondary N) is 2. The number of hydrogen-bond donors (Lipinski definition) is 2. The van der Waals surface area contributed by atoms with Crippen molar-refractivity contribution in [1.29, 1.82) is 0 Å². The Hall–Kier alpha value is -0.430. The summed E-state index contributed by atoms with van der Waals surface area (Å²) in [5.41, 5.74) is 1.06. The summed E-state index contributed by atoms with van der Waals surface area (Å²) in [6.07, 6.45) is 1.08. The Kier molecular flexibility index (Phi) is 5.58. The third-order valence-corrected chi connectivity index (χ3v) is 4.70. The second-order valence-corrected chi connectivity index (χ2v) is 6.36. The van der Waals surface area contributed by atoms with Gasteiger partial charge in [-0.3, -0.25) is 0 Å². The van der Waals surface area contributed by atoms with E-state index in [9.17, 15) is 8.42 Å². The van der Waals surface area contributed by atoms with Crippen LogP contribution in [0.5, 0.6) is 0 Å². The van der Waals surface area contributed by atoms with Crippen LogP contribution in [0.1, 0.15) is 18.9 Å². The second-order valence-electron chi connectivity index (χ2n) is 3.65. The third kappa shape index (κ3) is 4.06. The van der Waals surface area contributed by atoms with Crippen LogP contribution in [0.15, 0.2) is 27.6 Å². The maximum absolute atomic E-state index is 11.6. The molecule has 0 heterocycles. The van der Waals surface area contributed by atoms with Gasteiger partial charge >= 0.3 is 0 Å². The van der Waals surface area contributed by atoms with Crippen molar-refractivity contribution < 1.29 is 8.42 Å². The zero-order valence-corrected chi connectivity index (χ0v) is 12.4. The smallest absolute Gasteiger partial charge is 0.241 e. The quantitative estimate of drug-likeness (QED) is 0.786. The molecular weight excluding hydrogens is 304 g/mol. The summed E-state index contributed by atoms with van der Waals surface area (Å²) >= 11 is 3.29. The van der Waals surface area contributed by atoms with Gasteiger partial charge in [-0.15, -0.1) is 0 Å². The molecule has 0 aliphatic carbocycles. The SMILES string of the molecule is CCCNCc1ccc(S(=O)(=O)NC)c(Br)c1. The predicted octanol–water partition coefficient (Wildman–Crippen LogP) is 1.86. The van der Waals surface area contributed by atoms with Gasteiger partial charge in [0.15, 0.2) is 0 Å².